The van der Waals surface area contributed by atoms with Crippen molar-refractivity contribution >= 4 is 51.0 Å². The molecule has 1 aromatic heterocycles. The van der Waals surface area contributed by atoms with E-state index in [9.17, 15) is 18.2 Å². The maximum absolute atomic E-state index is 11.8. The Kier molecular flexibility index (Phi) is 7.89. The van der Waals surface area contributed by atoms with Gasteiger partial charge in [0, 0.05) is 19.8 Å². The van der Waals surface area contributed by atoms with Crippen molar-refractivity contribution in [1.82, 2.24) is 9.78 Å². The van der Waals surface area contributed by atoms with Crippen LogP contribution in [0.15, 0.2) is 56.5 Å². The summed E-state index contributed by atoms with van der Waals surface area (Å²) in [6.07, 6.45) is 1.20. The van der Waals surface area contributed by atoms with Gasteiger partial charge >= 0.3 is 0 Å². The Labute approximate surface area is 203 Å². The second-order valence-corrected chi connectivity index (χ2v) is 9.47. The summed E-state index contributed by atoms with van der Waals surface area (Å²) in [6, 6.07) is 9.49. The van der Waals surface area contributed by atoms with Gasteiger partial charge in [-0.1, -0.05) is 16.6 Å². The van der Waals surface area contributed by atoms with Gasteiger partial charge in [0.1, 0.15) is 11.6 Å². The van der Waals surface area contributed by atoms with Crippen LogP contribution in [0.1, 0.15) is 11.1 Å². The topological polar surface area (TPSA) is 163 Å². The third-order valence-electron chi connectivity index (χ3n) is 4.49. The van der Waals surface area contributed by atoms with Crippen LogP contribution in [0.2, 0.25) is 5.02 Å². The summed E-state index contributed by atoms with van der Waals surface area (Å²) in [7, 11) is -0.866. The molecule has 0 aliphatic rings. The number of nitriles is 1. The Bertz CT molecular complexity index is 1400. The number of hydrogen-bond acceptors (Lipinski definition) is 11. The van der Waals surface area contributed by atoms with Crippen LogP contribution in [0, 0.1) is 18.3 Å². The molecule has 0 fully saturated rings. The van der Waals surface area contributed by atoms with E-state index in [0.717, 1.165) is 28.1 Å². The molecule has 0 aliphatic carbocycles. The van der Waals surface area contributed by atoms with Gasteiger partial charge in [0.2, 0.25) is 0 Å². The number of halogens is 1. The lowest BCUT2D eigenvalue weighted by molar-refractivity contribution is -0.432. The molecule has 0 saturated carbocycles. The standard InChI is InChI=1S/C19H17ClN6O6S2/c1-11-6-13(25(2)3)4-5-15(11)23-24-19-12(9-21)10-22-26(19)16-7-14(34(28,29)30)8-17(18(16)20)33-32-31-27/h4-8,10,27H,1-3H3,(H,28,29,30). The fraction of sp³-hybridized carbons (Fsp3) is 0.158. The average molecular weight is 525 g/mol. The first-order valence-corrected chi connectivity index (χ1v) is 11.8. The number of benzene rings is 2. The Balaban J connectivity index is 2.16. The van der Waals surface area contributed by atoms with Crippen LogP contribution in [0.5, 0.6) is 0 Å². The zero-order chi connectivity index (χ0) is 25.0. The van der Waals surface area contributed by atoms with Gasteiger partial charge in [-0.25, -0.2) is 9.94 Å². The summed E-state index contributed by atoms with van der Waals surface area (Å²) in [5.41, 5.74) is 2.29. The van der Waals surface area contributed by atoms with Crippen molar-refractivity contribution in [3.63, 3.8) is 0 Å². The van der Waals surface area contributed by atoms with Gasteiger partial charge in [0.15, 0.2) is 5.82 Å². The number of aromatic nitrogens is 2. The first kappa shape index (κ1) is 25.6. The summed E-state index contributed by atoms with van der Waals surface area (Å²) >= 11 is 6.76. The van der Waals surface area contributed by atoms with Gasteiger partial charge in [0.25, 0.3) is 10.1 Å². The zero-order valence-electron chi connectivity index (χ0n) is 17.9. The second-order valence-electron chi connectivity index (χ2n) is 6.93. The van der Waals surface area contributed by atoms with Crippen molar-refractivity contribution in [2.75, 3.05) is 19.0 Å². The molecule has 34 heavy (non-hydrogen) atoms. The third-order valence-corrected chi connectivity index (χ3v) is 6.46. The van der Waals surface area contributed by atoms with Crippen molar-refractivity contribution in [3.8, 4) is 11.8 Å². The highest BCUT2D eigenvalue weighted by Gasteiger charge is 2.22. The normalized spacial score (nSPS) is 11.7. The fourth-order valence-electron chi connectivity index (χ4n) is 2.80. The maximum Gasteiger partial charge on any atom is 0.294 e. The molecular formula is C19H17ClN6O6S2. The smallest absolute Gasteiger partial charge is 0.294 e. The summed E-state index contributed by atoms with van der Waals surface area (Å²) < 4.78 is 38.5. The molecule has 3 aromatic rings. The molecule has 0 atom stereocenters. The zero-order valence-corrected chi connectivity index (χ0v) is 20.3. The van der Waals surface area contributed by atoms with Gasteiger partial charge in [-0.2, -0.15) is 18.8 Å². The van der Waals surface area contributed by atoms with Gasteiger partial charge in [-0.15, -0.1) is 14.6 Å². The van der Waals surface area contributed by atoms with Crippen molar-refractivity contribution in [2.45, 2.75) is 16.7 Å². The molecule has 2 aromatic carbocycles. The number of aryl methyl sites for hydroxylation is 1. The first-order valence-electron chi connectivity index (χ1n) is 9.20. The Morgan fingerprint density at radius 2 is 2.00 bits per heavy atom. The molecule has 0 aliphatic heterocycles. The van der Waals surface area contributed by atoms with Crippen LogP contribution in [0.4, 0.5) is 17.2 Å². The predicted molar refractivity (Wildman–Crippen MR) is 123 cm³/mol. The fourth-order valence-corrected chi connectivity index (χ4v) is 4.14. The Morgan fingerprint density at radius 3 is 2.59 bits per heavy atom. The SMILES string of the molecule is Cc1cc(N(C)C)ccc1N=Nc1c(C#N)cnn1-c1cc(S(=O)(=O)O)cc(SOOO)c1Cl. The number of nitrogens with zero attached hydrogens (tertiary/aromatic N) is 6. The minimum absolute atomic E-state index is 0.0313. The molecular weight excluding hydrogens is 508 g/mol. The highest BCUT2D eigenvalue weighted by molar-refractivity contribution is 7.94. The third kappa shape index (κ3) is 5.54. The molecule has 15 heteroatoms. The van der Waals surface area contributed by atoms with Crippen molar-refractivity contribution in [1.29, 1.82) is 5.26 Å². The van der Waals surface area contributed by atoms with Gasteiger partial charge < -0.3 is 4.90 Å². The summed E-state index contributed by atoms with van der Waals surface area (Å²) in [5.74, 6) is -0.0387. The van der Waals surface area contributed by atoms with Crippen LogP contribution >= 0.6 is 23.6 Å². The number of anilines is 1. The number of hydrogen-bond donors (Lipinski definition) is 2. The Morgan fingerprint density at radius 1 is 1.26 bits per heavy atom. The molecule has 0 radical (unpaired) electrons. The van der Waals surface area contributed by atoms with Crippen LogP contribution < -0.4 is 4.90 Å². The van der Waals surface area contributed by atoms with Crippen LogP contribution in [0.3, 0.4) is 0 Å². The van der Waals surface area contributed by atoms with E-state index in [1.54, 1.807) is 6.07 Å². The second kappa shape index (κ2) is 10.5. The maximum atomic E-state index is 11.8. The van der Waals surface area contributed by atoms with Crippen molar-refractivity contribution < 1.29 is 27.6 Å². The molecule has 0 bridgehead atoms. The quantitative estimate of drug-likeness (QED) is 0.137. The lowest BCUT2D eigenvalue weighted by atomic mass is 10.2. The largest absolute Gasteiger partial charge is 0.378 e. The highest BCUT2D eigenvalue weighted by atomic mass is 35.5. The number of azo groups is 1. The summed E-state index contributed by atoms with van der Waals surface area (Å²) in [5, 5.41) is 33.8. The van der Waals surface area contributed by atoms with E-state index in [2.05, 4.69) is 24.7 Å². The van der Waals surface area contributed by atoms with E-state index in [4.69, 9.17) is 16.9 Å². The molecule has 2 N–H and O–H groups in total. The Hall–Kier alpha value is -3.03. The molecule has 3 rings (SSSR count). The highest BCUT2D eigenvalue weighted by Crippen LogP contribution is 2.38. The van der Waals surface area contributed by atoms with E-state index in [1.807, 2.05) is 44.1 Å². The lowest BCUT2D eigenvalue weighted by Crippen LogP contribution is -2.08. The number of rotatable bonds is 8. The van der Waals surface area contributed by atoms with Gasteiger partial charge in [-0.3, -0.25) is 4.55 Å². The van der Waals surface area contributed by atoms with Crippen LogP contribution in [-0.2, 0) is 19.5 Å². The van der Waals surface area contributed by atoms with Crippen LogP contribution in [0.25, 0.3) is 5.69 Å². The summed E-state index contributed by atoms with van der Waals surface area (Å²) in [6.45, 7) is 1.85. The first-order chi connectivity index (χ1) is 16.1. The molecule has 12 nitrogen and oxygen atoms in total. The molecule has 178 valence electrons. The minimum Gasteiger partial charge on any atom is -0.378 e. The molecule has 0 saturated heterocycles. The minimum atomic E-state index is -4.68. The van der Waals surface area contributed by atoms with Gasteiger partial charge in [0.05, 0.1) is 44.4 Å². The molecule has 1 heterocycles. The lowest BCUT2D eigenvalue weighted by Gasteiger charge is -2.13. The summed E-state index contributed by atoms with van der Waals surface area (Å²) in [4.78, 5) is 1.33. The predicted octanol–water partition coefficient (Wildman–Crippen LogP) is 4.86. The van der Waals surface area contributed by atoms with E-state index < -0.39 is 15.0 Å². The van der Waals surface area contributed by atoms with Crippen molar-refractivity contribution in [2.24, 2.45) is 10.2 Å². The van der Waals surface area contributed by atoms with E-state index in [1.165, 1.54) is 6.20 Å². The van der Waals surface area contributed by atoms with Gasteiger partial charge in [-0.05, 0) is 42.8 Å². The molecule has 0 amide bonds. The molecule has 0 spiro atoms. The molecule has 0 unspecified atom stereocenters. The average Bonchev–Trinajstić information content (AvgIpc) is 3.19. The van der Waals surface area contributed by atoms with E-state index >= 15 is 0 Å². The van der Waals surface area contributed by atoms with Crippen LogP contribution in [-0.4, -0.2) is 42.1 Å². The van der Waals surface area contributed by atoms with Crippen molar-refractivity contribution in [3.05, 3.63) is 52.7 Å². The van der Waals surface area contributed by atoms with E-state index in [0.29, 0.717) is 17.7 Å². The monoisotopic (exact) mass is 524 g/mol. The van der Waals surface area contributed by atoms with E-state index in [-0.39, 0.29) is 27.0 Å².